The molecule has 0 saturated heterocycles. The second-order valence-electron chi connectivity index (χ2n) is 7.72. The molecule has 2 aromatic rings. The van der Waals surface area contributed by atoms with Crippen molar-refractivity contribution in [2.75, 3.05) is 13.7 Å². The second-order valence-corrected chi connectivity index (χ2v) is 8.67. The van der Waals surface area contributed by atoms with E-state index in [-0.39, 0.29) is 12.1 Å². The molecular formula is C22H27NO4S. The SMILES string of the molecule is C=COc1ccc(CC2c3sccc3CCN2C(=O)OC(C)(C)C)cc1OC. The highest BCUT2D eigenvalue weighted by atomic mass is 32.1. The van der Waals surface area contributed by atoms with Crippen LogP contribution in [0.2, 0.25) is 0 Å². The Bertz CT molecular complexity index is 852. The minimum absolute atomic E-state index is 0.0607. The zero-order valence-corrected chi connectivity index (χ0v) is 17.7. The van der Waals surface area contributed by atoms with Crippen LogP contribution in [0.3, 0.4) is 0 Å². The summed E-state index contributed by atoms with van der Waals surface area (Å²) in [5.41, 5.74) is 1.85. The highest BCUT2D eigenvalue weighted by Crippen LogP contribution is 2.38. The van der Waals surface area contributed by atoms with Crippen molar-refractivity contribution in [1.82, 2.24) is 4.90 Å². The van der Waals surface area contributed by atoms with Crippen molar-refractivity contribution in [3.05, 3.63) is 58.5 Å². The summed E-state index contributed by atoms with van der Waals surface area (Å²) in [5, 5.41) is 2.10. The van der Waals surface area contributed by atoms with E-state index in [0.717, 1.165) is 12.0 Å². The van der Waals surface area contributed by atoms with Crippen LogP contribution in [-0.4, -0.2) is 30.2 Å². The summed E-state index contributed by atoms with van der Waals surface area (Å²) in [5.74, 6) is 1.26. The van der Waals surface area contributed by atoms with Gasteiger partial charge in [-0.3, -0.25) is 4.90 Å². The average molecular weight is 402 g/mol. The van der Waals surface area contributed by atoms with Gasteiger partial charge in [0.15, 0.2) is 11.5 Å². The Balaban J connectivity index is 1.90. The fourth-order valence-corrected chi connectivity index (χ4v) is 4.44. The number of ether oxygens (including phenoxy) is 3. The summed E-state index contributed by atoms with van der Waals surface area (Å²) in [6, 6.07) is 7.91. The summed E-state index contributed by atoms with van der Waals surface area (Å²) >= 11 is 1.69. The summed E-state index contributed by atoms with van der Waals surface area (Å²) in [7, 11) is 1.61. The zero-order chi connectivity index (χ0) is 20.3. The number of methoxy groups -OCH3 is 1. The molecule has 1 amide bonds. The molecule has 2 heterocycles. The Morgan fingerprint density at radius 1 is 1.32 bits per heavy atom. The quantitative estimate of drug-likeness (QED) is 0.633. The number of benzene rings is 1. The van der Waals surface area contributed by atoms with Crippen LogP contribution in [0.4, 0.5) is 4.79 Å². The first-order valence-corrected chi connectivity index (χ1v) is 10.2. The summed E-state index contributed by atoms with van der Waals surface area (Å²) in [4.78, 5) is 15.9. The lowest BCUT2D eigenvalue weighted by Gasteiger charge is -2.37. The van der Waals surface area contributed by atoms with Crippen molar-refractivity contribution < 1.29 is 19.0 Å². The fourth-order valence-electron chi connectivity index (χ4n) is 3.38. The summed E-state index contributed by atoms with van der Waals surface area (Å²) in [6.07, 6.45) is 2.64. The van der Waals surface area contributed by atoms with E-state index >= 15 is 0 Å². The van der Waals surface area contributed by atoms with Gasteiger partial charge in [-0.2, -0.15) is 0 Å². The van der Waals surface area contributed by atoms with E-state index in [1.165, 1.54) is 16.7 Å². The van der Waals surface area contributed by atoms with E-state index < -0.39 is 5.60 Å². The standard InChI is InChI=1S/C22H27NO4S/c1-6-26-18-8-7-15(14-19(18)25-5)13-17-20-16(10-12-28-20)9-11-23(17)21(24)27-22(2,3)4/h6-8,10,12,14,17H,1,9,11,13H2,2-5H3. The third-order valence-corrected chi connectivity index (χ3v) is 5.64. The molecule has 1 atom stereocenters. The van der Waals surface area contributed by atoms with Gasteiger partial charge in [-0.15, -0.1) is 11.3 Å². The molecule has 0 N–H and O–H groups in total. The van der Waals surface area contributed by atoms with Gasteiger partial charge < -0.3 is 14.2 Å². The molecule has 0 bridgehead atoms. The smallest absolute Gasteiger partial charge is 0.410 e. The van der Waals surface area contributed by atoms with Gasteiger partial charge >= 0.3 is 6.09 Å². The van der Waals surface area contributed by atoms with Gasteiger partial charge in [0.25, 0.3) is 0 Å². The number of nitrogens with zero attached hydrogens (tertiary/aromatic N) is 1. The van der Waals surface area contributed by atoms with Gasteiger partial charge in [0.05, 0.1) is 19.4 Å². The molecule has 6 heteroatoms. The summed E-state index contributed by atoms with van der Waals surface area (Å²) in [6.45, 7) is 9.92. The fraction of sp³-hybridized carbons (Fsp3) is 0.409. The number of carbonyl (C=O) groups is 1. The van der Waals surface area contributed by atoms with Gasteiger partial charge in [-0.1, -0.05) is 12.6 Å². The highest BCUT2D eigenvalue weighted by molar-refractivity contribution is 7.10. The van der Waals surface area contributed by atoms with Gasteiger partial charge in [-0.25, -0.2) is 4.79 Å². The molecule has 1 aromatic heterocycles. The maximum atomic E-state index is 12.9. The molecular weight excluding hydrogens is 374 g/mol. The van der Waals surface area contributed by atoms with Crippen LogP contribution in [0.1, 0.15) is 42.8 Å². The lowest BCUT2D eigenvalue weighted by molar-refractivity contribution is 0.0146. The van der Waals surface area contributed by atoms with Crippen LogP contribution in [0.5, 0.6) is 11.5 Å². The first-order valence-electron chi connectivity index (χ1n) is 9.32. The molecule has 1 aliphatic rings. The van der Waals surface area contributed by atoms with Gasteiger partial charge in [0.1, 0.15) is 5.60 Å². The number of rotatable bonds is 5. The Hall–Kier alpha value is -2.47. The predicted molar refractivity (Wildman–Crippen MR) is 111 cm³/mol. The lowest BCUT2D eigenvalue weighted by atomic mass is 9.96. The van der Waals surface area contributed by atoms with E-state index in [1.807, 2.05) is 43.9 Å². The topological polar surface area (TPSA) is 48.0 Å². The number of fused-ring (bicyclic) bond motifs is 1. The molecule has 1 aromatic carbocycles. The minimum atomic E-state index is -0.524. The second kappa shape index (κ2) is 8.27. The first-order chi connectivity index (χ1) is 13.3. The van der Waals surface area contributed by atoms with E-state index in [9.17, 15) is 4.79 Å². The van der Waals surface area contributed by atoms with Crippen LogP contribution in [0.15, 0.2) is 42.5 Å². The molecule has 0 radical (unpaired) electrons. The normalized spacial score (nSPS) is 16.3. The third-order valence-electron chi connectivity index (χ3n) is 4.58. The third kappa shape index (κ3) is 4.50. The van der Waals surface area contributed by atoms with Crippen molar-refractivity contribution in [2.24, 2.45) is 0 Å². The van der Waals surface area contributed by atoms with E-state index in [4.69, 9.17) is 14.2 Å². The number of hydrogen-bond donors (Lipinski definition) is 0. The van der Waals surface area contributed by atoms with E-state index in [0.29, 0.717) is 24.5 Å². The van der Waals surface area contributed by atoms with Crippen LogP contribution < -0.4 is 9.47 Å². The average Bonchev–Trinajstić information content (AvgIpc) is 3.11. The number of carbonyl (C=O) groups excluding carboxylic acids is 1. The number of amides is 1. The number of hydrogen-bond acceptors (Lipinski definition) is 5. The largest absolute Gasteiger partial charge is 0.493 e. The molecule has 0 aliphatic carbocycles. The van der Waals surface area contributed by atoms with Gasteiger partial charge in [0.2, 0.25) is 0 Å². The van der Waals surface area contributed by atoms with E-state index in [1.54, 1.807) is 18.4 Å². The van der Waals surface area contributed by atoms with Crippen molar-refractivity contribution in [3.63, 3.8) is 0 Å². The Morgan fingerprint density at radius 3 is 2.79 bits per heavy atom. The summed E-state index contributed by atoms with van der Waals surface area (Å²) < 4.78 is 16.5. The van der Waals surface area contributed by atoms with E-state index in [2.05, 4.69) is 18.0 Å². The molecule has 150 valence electrons. The van der Waals surface area contributed by atoms with Crippen LogP contribution >= 0.6 is 11.3 Å². The predicted octanol–water partition coefficient (Wildman–Crippen LogP) is 5.36. The Morgan fingerprint density at radius 2 is 2.11 bits per heavy atom. The van der Waals surface area contributed by atoms with Crippen LogP contribution in [0.25, 0.3) is 0 Å². The molecule has 5 nitrogen and oxygen atoms in total. The van der Waals surface area contributed by atoms with Gasteiger partial charge in [-0.05, 0) is 68.3 Å². The molecule has 1 aliphatic heterocycles. The van der Waals surface area contributed by atoms with Crippen molar-refractivity contribution in [2.45, 2.75) is 45.3 Å². The van der Waals surface area contributed by atoms with Crippen molar-refractivity contribution in [3.8, 4) is 11.5 Å². The molecule has 0 saturated carbocycles. The Labute approximate surface area is 170 Å². The zero-order valence-electron chi connectivity index (χ0n) is 16.9. The lowest BCUT2D eigenvalue weighted by Crippen LogP contribution is -2.43. The molecule has 28 heavy (non-hydrogen) atoms. The maximum Gasteiger partial charge on any atom is 0.410 e. The molecule has 0 fully saturated rings. The minimum Gasteiger partial charge on any atom is -0.493 e. The van der Waals surface area contributed by atoms with Crippen LogP contribution in [-0.2, 0) is 17.6 Å². The van der Waals surface area contributed by atoms with Crippen LogP contribution in [0, 0.1) is 0 Å². The van der Waals surface area contributed by atoms with Gasteiger partial charge in [0, 0.05) is 11.4 Å². The monoisotopic (exact) mass is 401 g/mol. The Kier molecular flexibility index (Phi) is 5.98. The molecule has 3 rings (SSSR count). The highest BCUT2D eigenvalue weighted by Gasteiger charge is 2.34. The van der Waals surface area contributed by atoms with Crippen molar-refractivity contribution in [1.29, 1.82) is 0 Å². The maximum absolute atomic E-state index is 12.9. The first kappa shape index (κ1) is 20.3. The molecule has 0 spiro atoms. The molecule has 1 unspecified atom stereocenters. The van der Waals surface area contributed by atoms with Crippen molar-refractivity contribution >= 4 is 17.4 Å². The number of thiophene rings is 1.